The number of nitro groups is 1. The maximum Gasteiger partial charge on any atom is 0.338 e. The van der Waals surface area contributed by atoms with E-state index in [1.807, 2.05) is 18.2 Å². The van der Waals surface area contributed by atoms with Crippen LogP contribution in [0.25, 0.3) is 0 Å². The number of ketones is 1. The molecule has 0 N–H and O–H groups in total. The van der Waals surface area contributed by atoms with Gasteiger partial charge in [-0.1, -0.05) is 12.1 Å². The fraction of sp³-hybridized carbons (Fsp3) is 0.304. The van der Waals surface area contributed by atoms with Crippen LogP contribution in [0.3, 0.4) is 0 Å². The van der Waals surface area contributed by atoms with Gasteiger partial charge in [0, 0.05) is 18.1 Å². The van der Waals surface area contributed by atoms with E-state index in [0.29, 0.717) is 30.6 Å². The number of para-hydroxylation sites is 1. The van der Waals surface area contributed by atoms with Gasteiger partial charge in [-0.2, -0.15) is 0 Å². The minimum atomic E-state index is -0.554. The molecule has 8 nitrogen and oxygen atoms in total. The largest absolute Gasteiger partial charge is 0.493 e. The van der Waals surface area contributed by atoms with Crippen LogP contribution in [0.15, 0.2) is 59.0 Å². The smallest absolute Gasteiger partial charge is 0.338 e. The molecule has 0 spiro atoms. The maximum absolute atomic E-state index is 12.9. The van der Waals surface area contributed by atoms with E-state index in [4.69, 9.17) is 14.2 Å². The zero-order valence-electron chi connectivity index (χ0n) is 17.2. The molecule has 1 saturated carbocycles. The molecule has 3 atom stereocenters. The summed E-state index contributed by atoms with van der Waals surface area (Å²) in [7, 11) is 0. The average molecular weight is 502 g/mol. The number of Topliss-reactive ketones (excluding diaryl/α,β-unsaturated/α-hetero) is 1. The lowest BCUT2D eigenvalue weighted by Crippen LogP contribution is -2.43. The van der Waals surface area contributed by atoms with E-state index in [9.17, 15) is 19.7 Å². The molecular weight excluding hydrogens is 482 g/mol. The Kier molecular flexibility index (Phi) is 6.27. The standard InChI is InChI=1S/C23H20BrNO7/c1-13-10-14(6-9-18(13)25(28)29)23(27)31-15-7-8-16-20(11-15)30-12-21(22(16)26)32-19-5-3-2-4-17(19)24/h2-6,9-10,12,15-16,20H,7-8,11H2,1H3. The van der Waals surface area contributed by atoms with Crippen LogP contribution < -0.4 is 4.74 Å². The molecule has 3 unspecified atom stereocenters. The van der Waals surface area contributed by atoms with E-state index in [0.717, 1.165) is 4.47 Å². The first-order valence-electron chi connectivity index (χ1n) is 10.1. The van der Waals surface area contributed by atoms with E-state index < -0.39 is 23.1 Å². The van der Waals surface area contributed by atoms with Gasteiger partial charge in [0.2, 0.25) is 11.5 Å². The number of allylic oxidation sites excluding steroid dienone is 1. The summed E-state index contributed by atoms with van der Waals surface area (Å²) in [6.45, 7) is 1.57. The molecule has 0 bridgehead atoms. The molecule has 9 heteroatoms. The predicted octanol–water partition coefficient (Wildman–Crippen LogP) is 4.88. The summed E-state index contributed by atoms with van der Waals surface area (Å²) in [4.78, 5) is 35.9. The van der Waals surface area contributed by atoms with Crippen molar-refractivity contribution < 1.29 is 28.7 Å². The molecule has 2 aliphatic rings. The lowest BCUT2D eigenvalue weighted by molar-refractivity contribution is -0.385. The number of esters is 1. The van der Waals surface area contributed by atoms with Crippen LogP contribution in [0, 0.1) is 23.0 Å². The normalized spacial score (nSPS) is 22.2. The Morgan fingerprint density at radius 1 is 1.22 bits per heavy atom. The second kappa shape index (κ2) is 9.12. The van der Waals surface area contributed by atoms with Crippen LogP contribution in [-0.4, -0.2) is 28.9 Å². The minimum absolute atomic E-state index is 0.0523. The number of aryl methyl sites for hydroxylation is 1. The molecular formula is C23H20BrNO7. The Hall–Kier alpha value is -3.20. The first-order chi connectivity index (χ1) is 15.3. The highest BCUT2D eigenvalue weighted by atomic mass is 79.9. The molecule has 1 aliphatic heterocycles. The van der Waals surface area contributed by atoms with Crippen LogP contribution >= 0.6 is 15.9 Å². The minimum Gasteiger partial charge on any atom is -0.493 e. The number of carbonyl (C=O) groups excluding carboxylic acids is 2. The molecule has 1 heterocycles. The van der Waals surface area contributed by atoms with Crippen molar-refractivity contribution in [1.82, 2.24) is 0 Å². The summed E-state index contributed by atoms with van der Waals surface area (Å²) in [6.07, 6.45) is 1.90. The predicted molar refractivity (Wildman–Crippen MR) is 117 cm³/mol. The van der Waals surface area contributed by atoms with Crippen LogP contribution in [0.4, 0.5) is 5.69 Å². The van der Waals surface area contributed by atoms with Gasteiger partial charge < -0.3 is 14.2 Å². The Balaban J connectivity index is 1.39. The first kappa shape index (κ1) is 22.0. The van der Waals surface area contributed by atoms with Crippen LogP contribution in [-0.2, 0) is 14.3 Å². The van der Waals surface area contributed by atoms with Crippen molar-refractivity contribution in [3.05, 3.63) is 80.2 Å². The van der Waals surface area contributed by atoms with Crippen molar-refractivity contribution in [2.45, 2.75) is 38.4 Å². The van der Waals surface area contributed by atoms with Gasteiger partial charge in [-0.25, -0.2) is 4.79 Å². The molecule has 0 amide bonds. The molecule has 0 radical (unpaired) electrons. The van der Waals surface area contributed by atoms with E-state index in [1.165, 1.54) is 24.5 Å². The molecule has 4 rings (SSSR count). The highest BCUT2D eigenvalue weighted by Gasteiger charge is 2.42. The number of halogens is 1. The van der Waals surface area contributed by atoms with Gasteiger partial charge in [0.15, 0.2) is 0 Å². The average Bonchev–Trinajstić information content (AvgIpc) is 2.76. The summed E-state index contributed by atoms with van der Waals surface area (Å²) in [6, 6.07) is 11.3. The van der Waals surface area contributed by atoms with Crippen LogP contribution in [0.2, 0.25) is 0 Å². The Morgan fingerprint density at radius 3 is 2.72 bits per heavy atom. The molecule has 2 aromatic rings. The van der Waals surface area contributed by atoms with Gasteiger partial charge in [0.1, 0.15) is 24.2 Å². The molecule has 2 aromatic carbocycles. The highest BCUT2D eigenvalue weighted by Crippen LogP contribution is 2.36. The number of nitrogens with zero attached hydrogens (tertiary/aromatic N) is 1. The number of hydrogen-bond donors (Lipinski definition) is 0. The third kappa shape index (κ3) is 4.52. The van der Waals surface area contributed by atoms with Crippen molar-refractivity contribution in [3.8, 4) is 5.75 Å². The highest BCUT2D eigenvalue weighted by molar-refractivity contribution is 9.10. The van der Waals surface area contributed by atoms with Gasteiger partial charge >= 0.3 is 5.97 Å². The number of benzene rings is 2. The maximum atomic E-state index is 12.9. The van der Waals surface area contributed by atoms with Crippen molar-refractivity contribution in [3.63, 3.8) is 0 Å². The lowest BCUT2D eigenvalue weighted by Gasteiger charge is -2.36. The Bertz CT molecular complexity index is 1110. The van der Waals surface area contributed by atoms with Crippen LogP contribution in [0.1, 0.15) is 35.2 Å². The molecule has 1 aliphatic carbocycles. The number of hydrogen-bond acceptors (Lipinski definition) is 7. The molecule has 166 valence electrons. The molecule has 0 saturated heterocycles. The van der Waals surface area contributed by atoms with Gasteiger partial charge in [-0.05, 0) is 60.0 Å². The quantitative estimate of drug-likeness (QED) is 0.326. The van der Waals surface area contributed by atoms with Gasteiger partial charge in [-0.3, -0.25) is 14.9 Å². The van der Waals surface area contributed by atoms with E-state index in [-0.39, 0.29) is 28.7 Å². The third-order valence-electron chi connectivity index (χ3n) is 5.63. The van der Waals surface area contributed by atoms with E-state index in [2.05, 4.69) is 15.9 Å². The Morgan fingerprint density at radius 2 is 2.00 bits per heavy atom. The monoisotopic (exact) mass is 501 g/mol. The topological polar surface area (TPSA) is 105 Å². The van der Waals surface area contributed by atoms with Crippen LogP contribution in [0.5, 0.6) is 5.75 Å². The third-order valence-corrected chi connectivity index (χ3v) is 6.29. The zero-order chi connectivity index (χ0) is 22.8. The fourth-order valence-electron chi connectivity index (χ4n) is 3.97. The Labute approximate surface area is 192 Å². The second-order valence-corrected chi connectivity index (χ2v) is 8.61. The zero-order valence-corrected chi connectivity index (χ0v) is 18.7. The first-order valence-corrected chi connectivity index (χ1v) is 10.9. The summed E-state index contributed by atoms with van der Waals surface area (Å²) < 4.78 is 17.8. The summed E-state index contributed by atoms with van der Waals surface area (Å²) in [5.41, 5.74) is 0.584. The van der Waals surface area contributed by atoms with Crippen molar-refractivity contribution in [2.75, 3.05) is 0 Å². The summed E-state index contributed by atoms with van der Waals surface area (Å²) in [5.74, 6) is -0.381. The summed E-state index contributed by atoms with van der Waals surface area (Å²) >= 11 is 3.39. The van der Waals surface area contributed by atoms with E-state index in [1.54, 1.807) is 13.0 Å². The molecule has 32 heavy (non-hydrogen) atoms. The van der Waals surface area contributed by atoms with Gasteiger partial charge in [0.05, 0.1) is 20.9 Å². The van der Waals surface area contributed by atoms with Crippen molar-refractivity contribution in [1.29, 1.82) is 0 Å². The molecule has 1 fully saturated rings. The fourth-order valence-corrected chi connectivity index (χ4v) is 4.33. The number of fused-ring (bicyclic) bond motifs is 1. The van der Waals surface area contributed by atoms with Crippen molar-refractivity contribution >= 4 is 33.4 Å². The number of nitro benzene ring substituents is 1. The number of rotatable bonds is 5. The SMILES string of the molecule is Cc1cc(C(=O)OC2CCC3C(=O)C(Oc4ccccc4Br)=COC3C2)ccc1[N+](=O)[O-]. The van der Waals surface area contributed by atoms with Gasteiger partial charge in [0.25, 0.3) is 5.69 Å². The lowest BCUT2D eigenvalue weighted by atomic mass is 9.80. The van der Waals surface area contributed by atoms with Gasteiger partial charge in [-0.15, -0.1) is 0 Å². The number of carbonyl (C=O) groups is 2. The van der Waals surface area contributed by atoms with Crippen molar-refractivity contribution in [2.24, 2.45) is 5.92 Å². The summed E-state index contributed by atoms with van der Waals surface area (Å²) in [5, 5.41) is 11.0. The second-order valence-electron chi connectivity index (χ2n) is 7.76. The molecule has 0 aromatic heterocycles. The van der Waals surface area contributed by atoms with E-state index >= 15 is 0 Å². The number of ether oxygens (including phenoxy) is 3.